The average Bonchev–Trinajstić information content (AvgIpc) is 2.75. The van der Waals surface area contributed by atoms with Crippen LogP contribution in [0.4, 0.5) is 0 Å². The first-order valence-electron chi connectivity index (χ1n) is 8.65. The third-order valence-corrected chi connectivity index (χ3v) is 10.3. The fourth-order valence-electron chi connectivity index (χ4n) is 4.54. The van der Waals surface area contributed by atoms with Crippen molar-refractivity contribution in [1.29, 1.82) is 0 Å². The van der Waals surface area contributed by atoms with Gasteiger partial charge in [0, 0.05) is 0 Å². The van der Waals surface area contributed by atoms with Gasteiger partial charge in [0.1, 0.15) is 0 Å². The van der Waals surface area contributed by atoms with Gasteiger partial charge in [0.25, 0.3) is 0 Å². The van der Waals surface area contributed by atoms with E-state index in [1.807, 2.05) is 0 Å². The van der Waals surface area contributed by atoms with Gasteiger partial charge in [0.05, 0.1) is 0 Å². The molecule has 2 aliphatic rings. The summed E-state index contributed by atoms with van der Waals surface area (Å²) in [6, 6.07) is 0.227. The predicted molar refractivity (Wildman–Crippen MR) is 91.1 cm³/mol. The van der Waals surface area contributed by atoms with Crippen molar-refractivity contribution >= 4 is 26.6 Å². The Morgan fingerprint density at radius 1 is 1.32 bits per heavy atom. The molecule has 0 saturated heterocycles. The summed E-state index contributed by atoms with van der Waals surface area (Å²) in [7, 11) is 0. The molecule has 0 aromatic carbocycles. The monoisotopic (exact) mass is 373 g/mol. The molecule has 126 valence electrons. The van der Waals surface area contributed by atoms with E-state index in [2.05, 4.69) is 39.9 Å². The molecule has 0 spiro atoms. The van der Waals surface area contributed by atoms with Gasteiger partial charge in [-0.3, -0.25) is 0 Å². The van der Waals surface area contributed by atoms with E-state index in [0.29, 0.717) is 16.5 Å². The molecule has 0 aromatic rings. The second-order valence-corrected chi connectivity index (χ2v) is 10.7. The van der Waals surface area contributed by atoms with Crippen molar-refractivity contribution in [2.24, 2.45) is 16.7 Å². The molecule has 2 rings (SSSR count). The average molecular weight is 372 g/mol. The van der Waals surface area contributed by atoms with Crippen LogP contribution < -0.4 is 5.32 Å². The Morgan fingerprint density at radius 3 is 2.36 bits per heavy atom. The normalized spacial score (nSPS) is 35.5. The zero-order valence-electron chi connectivity index (χ0n) is 14.9. The molecule has 2 saturated carbocycles. The Morgan fingerprint density at radius 2 is 1.95 bits per heavy atom. The molecular weight excluding hydrogens is 341 g/mol. The van der Waals surface area contributed by atoms with E-state index < -0.39 is 0 Å². The summed E-state index contributed by atoms with van der Waals surface area (Å²) in [4.78, 5) is 25.2. The van der Waals surface area contributed by atoms with Gasteiger partial charge in [-0.05, 0) is 0 Å². The molecule has 2 bridgehead atoms. The van der Waals surface area contributed by atoms with Crippen LogP contribution in [0, 0.1) is 16.7 Å². The summed E-state index contributed by atoms with van der Waals surface area (Å²) in [5.74, 6) is 1.12. The number of fused-ring (bicyclic) bond motifs is 2. The van der Waals surface area contributed by atoms with Crippen molar-refractivity contribution in [3.63, 3.8) is 0 Å². The summed E-state index contributed by atoms with van der Waals surface area (Å²) in [6.07, 6.45) is 4.27. The summed E-state index contributed by atoms with van der Waals surface area (Å²) in [5, 5.41) is 3.11. The summed E-state index contributed by atoms with van der Waals surface area (Å²) in [5.41, 5.74) is 0.0304. The van der Waals surface area contributed by atoms with E-state index in [-0.39, 0.29) is 42.6 Å². The van der Waals surface area contributed by atoms with Crippen LogP contribution in [0.5, 0.6) is 0 Å². The fraction of sp³-hybridized carbons (Fsp3) is 0.889. The van der Waals surface area contributed by atoms with Gasteiger partial charge in [-0.15, -0.1) is 0 Å². The van der Waals surface area contributed by atoms with E-state index in [9.17, 15) is 9.59 Å². The van der Waals surface area contributed by atoms with Crippen molar-refractivity contribution < 1.29 is 9.59 Å². The quantitative estimate of drug-likeness (QED) is 0.724. The van der Waals surface area contributed by atoms with Gasteiger partial charge in [-0.2, -0.15) is 0 Å². The summed E-state index contributed by atoms with van der Waals surface area (Å²) >= 11 is 0.273. The molecule has 2 aliphatic carbocycles. The molecule has 22 heavy (non-hydrogen) atoms. The maximum atomic E-state index is 13.0. The van der Waals surface area contributed by atoms with E-state index in [1.54, 1.807) is 6.92 Å². The second kappa shape index (κ2) is 6.28. The molecule has 0 heterocycles. The number of carbonyl (C=O) groups excluding carboxylic acids is 2. The molecule has 4 heteroatoms. The number of nitrogens with one attached hydrogen (secondary N) is 1. The first-order valence-corrected chi connectivity index (χ1v) is 10.6. The molecule has 3 nitrogen and oxygen atoms in total. The molecule has 1 amide bonds. The molecular formula is C18H31NO2Se. The van der Waals surface area contributed by atoms with Crippen LogP contribution in [0.15, 0.2) is 0 Å². The summed E-state index contributed by atoms with van der Waals surface area (Å²) < 4.78 is 0. The van der Waals surface area contributed by atoms with E-state index in [1.165, 1.54) is 6.42 Å². The number of hydrogen-bond donors (Lipinski definition) is 1. The van der Waals surface area contributed by atoms with Gasteiger partial charge in [0.15, 0.2) is 0 Å². The molecule has 1 N–H and O–H groups in total. The maximum absolute atomic E-state index is 13.0. The van der Waals surface area contributed by atoms with E-state index in [4.69, 9.17) is 0 Å². The number of ketones is 1. The van der Waals surface area contributed by atoms with Crippen molar-refractivity contribution in [2.45, 2.75) is 82.9 Å². The standard InChI is InChI=1S/C18H31NO2Se/c1-7-13(19-11(3)20)14(8-2)22-15-12-9-10-18(6,16(15)21)17(12,4)5/h12-15H,7-10H2,1-6H3,(H,19,20)/t12?,13?,14-,15?,18?/m0/s1. The van der Waals surface area contributed by atoms with Crippen molar-refractivity contribution in [3.8, 4) is 0 Å². The number of rotatable bonds is 6. The molecule has 4 unspecified atom stereocenters. The molecule has 2 fully saturated rings. The van der Waals surface area contributed by atoms with Crippen LogP contribution in [0.1, 0.15) is 67.2 Å². The Labute approximate surface area is 141 Å². The third-order valence-electron chi connectivity index (χ3n) is 6.47. The van der Waals surface area contributed by atoms with Gasteiger partial charge in [-0.1, -0.05) is 0 Å². The molecule has 5 atom stereocenters. The number of amides is 1. The number of Topliss-reactive ketones (excluding diaryl/α,β-unsaturated/α-hetero) is 1. The van der Waals surface area contributed by atoms with Crippen LogP contribution in [0.2, 0.25) is 9.63 Å². The SMILES string of the molecule is CCC(NC(C)=O)[C@H](CC)[Se]C1C(=O)C2(C)CCC1C2(C)C. The Hall–Kier alpha value is -0.341. The van der Waals surface area contributed by atoms with E-state index >= 15 is 0 Å². The first-order chi connectivity index (χ1) is 10.2. The first kappa shape index (κ1) is 18.0. The molecule has 0 radical (unpaired) electrons. The van der Waals surface area contributed by atoms with Crippen molar-refractivity contribution in [2.75, 3.05) is 0 Å². The Kier molecular flexibility index (Phi) is 5.14. The Bertz CT molecular complexity index is 462. The van der Waals surface area contributed by atoms with Crippen LogP contribution in [0.25, 0.3) is 0 Å². The minimum absolute atomic E-state index is 0.0488. The Balaban J connectivity index is 2.16. The zero-order chi connectivity index (χ0) is 16.7. The number of carbonyl (C=O) groups is 2. The van der Waals surface area contributed by atoms with Gasteiger partial charge in [0.2, 0.25) is 0 Å². The van der Waals surface area contributed by atoms with Crippen molar-refractivity contribution in [3.05, 3.63) is 0 Å². The topological polar surface area (TPSA) is 46.2 Å². The van der Waals surface area contributed by atoms with Crippen LogP contribution in [-0.2, 0) is 9.59 Å². The van der Waals surface area contributed by atoms with Gasteiger partial charge < -0.3 is 0 Å². The van der Waals surface area contributed by atoms with Crippen LogP contribution in [0.3, 0.4) is 0 Å². The van der Waals surface area contributed by atoms with Gasteiger partial charge in [-0.25, -0.2) is 0 Å². The second-order valence-electron chi connectivity index (χ2n) is 7.78. The van der Waals surface area contributed by atoms with E-state index in [0.717, 1.165) is 19.3 Å². The summed E-state index contributed by atoms with van der Waals surface area (Å²) in [6.45, 7) is 12.7. The van der Waals surface area contributed by atoms with Crippen LogP contribution in [-0.4, -0.2) is 32.7 Å². The fourth-order valence-corrected chi connectivity index (χ4v) is 8.88. The number of hydrogen-bond acceptors (Lipinski definition) is 2. The van der Waals surface area contributed by atoms with Gasteiger partial charge >= 0.3 is 141 Å². The zero-order valence-corrected chi connectivity index (χ0v) is 16.6. The van der Waals surface area contributed by atoms with Crippen molar-refractivity contribution in [1.82, 2.24) is 5.32 Å². The third kappa shape index (κ3) is 2.67. The molecule has 0 aromatic heterocycles. The molecule has 0 aliphatic heterocycles. The minimum atomic E-state index is -0.113. The van der Waals surface area contributed by atoms with Crippen LogP contribution >= 0.6 is 0 Å². The predicted octanol–water partition coefficient (Wildman–Crippen LogP) is 3.62.